The monoisotopic (exact) mass is 443 g/mol. The fourth-order valence-corrected chi connectivity index (χ4v) is 3.21. The van der Waals surface area contributed by atoms with Crippen LogP contribution in [0, 0.1) is 0 Å². The largest absolute Gasteiger partial charge is 0.460 e. The number of esters is 1. The summed E-state index contributed by atoms with van der Waals surface area (Å²) in [7, 11) is 0. The molecule has 2 aromatic heterocycles. The number of nitrogens with one attached hydrogen (secondary N) is 2. The molecular weight excluding hydrogens is 418 g/mol. The quantitative estimate of drug-likeness (QED) is 0.465. The first kappa shape index (κ1) is 22.8. The number of hydrogen-bond acceptors (Lipinski definition) is 9. The Morgan fingerprint density at radius 1 is 1.41 bits per heavy atom. The molecule has 1 aliphatic rings. The zero-order valence-corrected chi connectivity index (χ0v) is 18.1. The molecule has 1 aliphatic heterocycles. The first-order valence-electron chi connectivity index (χ1n) is 9.96. The molecule has 2 amide bonds. The third kappa shape index (κ3) is 5.45. The van der Waals surface area contributed by atoms with Crippen LogP contribution in [0.25, 0.3) is 0 Å². The maximum atomic E-state index is 13.6. The Balaban J connectivity index is 1.91. The lowest BCUT2D eigenvalue weighted by atomic mass is 10.1. The van der Waals surface area contributed by atoms with Crippen LogP contribution in [0.15, 0.2) is 31.0 Å². The molecule has 12 nitrogen and oxygen atoms in total. The van der Waals surface area contributed by atoms with Crippen LogP contribution in [0.3, 0.4) is 0 Å². The Bertz CT molecular complexity index is 986. The molecule has 2 aromatic rings. The number of alkyl carbamates (subject to hydrolysis) is 1. The van der Waals surface area contributed by atoms with Gasteiger partial charge in [0.2, 0.25) is 0 Å². The molecule has 0 aromatic carbocycles. The molecule has 0 aliphatic carbocycles. The van der Waals surface area contributed by atoms with E-state index in [1.54, 1.807) is 32.9 Å². The summed E-state index contributed by atoms with van der Waals surface area (Å²) in [4.78, 5) is 44.3. The van der Waals surface area contributed by atoms with Crippen LogP contribution in [-0.4, -0.2) is 67.9 Å². The molecule has 0 saturated carbocycles. The highest BCUT2D eigenvalue weighted by Gasteiger charge is 2.43. The molecule has 2 N–H and O–H groups in total. The second kappa shape index (κ2) is 9.54. The normalized spacial score (nSPS) is 16.1. The average Bonchev–Trinajstić information content (AvgIpc) is 3.37. The van der Waals surface area contributed by atoms with E-state index in [2.05, 4.69) is 37.5 Å². The molecule has 0 bridgehead atoms. The van der Waals surface area contributed by atoms with Gasteiger partial charge in [0.1, 0.15) is 30.1 Å². The van der Waals surface area contributed by atoms with Crippen molar-refractivity contribution >= 4 is 23.8 Å². The number of amides is 2. The minimum atomic E-state index is -1.15. The molecule has 3 heterocycles. The number of pyridine rings is 1. The summed E-state index contributed by atoms with van der Waals surface area (Å²) in [6, 6.07) is 1.40. The summed E-state index contributed by atoms with van der Waals surface area (Å²) < 4.78 is 10.5. The second-order valence-electron chi connectivity index (χ2n) is 8.06. The van der Waals surface area contributed by atoms with Gasteiger partial charge in [-0.15, -0.1) is 10.2 Å². The van der Waals surface area contributed by atoms with Gasteiger partial charge in [-0.25, -0.2) is 14.6 Å². The molecule has 0 radical (unpaired) electrons. The SMILES string of the molecule is C=CCOC(=O)C1Cc2cccnc2N1C(=O)[C@H](Cc1nn[nH]n1)NC(=O)OC(C)(C)C. The Labute approximate surface area is 184 Å². The number of carbonyl (C=O) groups is 3. The van der Waals surface area contributed by atoms with E-state index in [0.29, 0.717) is 11.4 Å². The third-order valence-corrected chi connectivity index (χ3v) is 4.44. The molecule has 0 saturated heterocycles. The number of carbonyl (C=O) groups excluding carboxylic acids is 3. The van der Waals surface area contributed by atoms with Crippen LogP contribution in [0.2, 0.25) is 0 Å². The van der Waals surface area contributed by atoms with E-state index in [-0.39, 0.29) is 25.3 Å². The van der Waals surface area contributed by atoms with Gasteiger partial charge in [0.15, 0.2) is 5.82 Å². The fraction of sp³-hybridized carbons (Fsp3) is 0.450. The van der Waals surface area contributed by atoms with Crippen LogP contribution < -0.4 is 10.2 Å². The smallest absolute Gasteiger partial charge is 0.408 e. The number of tetrazole rings is 1. The lowest BCUT2D eigenvalue weighted by molar-refractivity contribution is -0.145. The van der Waals surface area contributed by atoms with Crippen LogP contribution in [0.4, 0.5) is 10.6 Å². The minimum Gasteiger partial charge on any atom is -0.460 e. The van der Waals surface area contributed by atoms with Gasteiger partial charge in [0, 0.05) is 19.0 Å². The minimum absolute atomic E-state index is 0.00356. The fourth-order valence-electron chi connectivity index (χ4n) is 3.21. The van der Waals surface area contributed by atoms with Crippen molar-refractivity contribution in [1.82, 2.24) is 30.9 Å². The highest BCUT2D eigenvalue weighted by molar-refractivity contribution is 6.04. The van der Waals surface area contributed by atoms with Crippen molar-refractivity contribution < 1.29 is 23.9 Å². The molecule has 0 fully saturated rings. The maximum Gasteiger partial charge on any atom is 0.408 e. The zero-order valence-electron chi connectivity index (χ0n) is 18.1. The Kier molecular flexibility index (Phi) is 6.81. The standard InChI is InChI=1S/C20H25N7O5/c1-5-9-31-18(29)14-10-12-7-6-8-21-16(12)27(14)17(28)13(11-15-23-25-26-24-15)22-19(30)32-20(2,3)4/h5-8,13-14H,1,9-11H2,2-4H3,(H,22,30)(H,23,24,25,26)/t13-,14?/m0/s1. The molecule has 2 atom stereocenters. The van der Waals surface area contributed by atoms with Crippen LogP contribution in [0.5, 0.6) is 0 Å². The lowest BCUT2D eigenvalue weighted by Gasteiger charge is -2.28. The topological polar surface area (TPSA) is 152 Å². The van der Waals surface area contributed by atoms with Crippen LogP contribution >= 0.6 is 0 Å². The number of ether oxygens (including phenoxy) is 2. The number of nitrogens with zero attached hydrogens (tertiary/aromatic N) is 5. The summed E-state index contributed by atoms with van der Waals surface area (Å²) in [5.74, 6) is -0.668. The number of aromatic amines is 1. The van der Waals surface area contributed by atoms with Crippen molar-refractivity contribution in [3.05, 3.63) is 42.4 Å². The molecule has 3 rings (SSSR count). The van der Waals surface area contributed by atoms with Crippen molar-refractivity contribution in [3.63, 3.8) is 0 Å². The second-order valence-corrected chi connectivity index (χ2v) is 8.06. The van der Waals surface area contributed by atoms with Crippen LogP contribution in [-0.2, 0) is 31.9 Å². The van der Waals surface area contributed by atoms with Gasteiger partial charge in [-0.3, -0.25) is 9.69 Å². The Hall–Kier alpha value is -3.83. The third-order valence-electron chi connectivity index (χ3n) is 4.44. The number of aromatic nitrogens is 5. The molecule has 0 spiro atoms. The van der Waals surface area contributed by atoms with Crippen molar-refractivity contribution in [2.75, 3.05) is 11.5 Å². The first-order valence-corrected chi connectivity index (χ1v) is 9.96. The summed E-state index contributed by atoms with van der Waals surface area (Å²) in [5, 5.41) is 16.1. The van der Waals surface area contributed by atoms with Gasteiger partial charge in [-0.2, -0.15) is 5.21 Å². The highest BCUT2D eigenvalue weighted by atomic mass is 16.6. The summed E-state index contributed by atoms with van der Waals surface area (Å²) >= 11 is 0. The Morgan fingerprint density at radius 3 is 2.84 bits per heavy atom. The number of hydrogen-bond donors (Lipinski definition) is 2. The number of H-pyrrole nitrogens is 1. The van der Waals surface area contributed by atoms with Gasteiger partial charge in [0.05, 0.1) is 0 Å². The number of anilines is 1. The summed E-state index contributed by atoms with van der Waals surface area (Å²) in [5.41, 5.74) is -0.0696. The van der Waals surface area contributed by atoms with Gasteiger partial charge < -0.3 is 14.8 Å². The van der Waals surface area contributed by atoms with E-state index >= 15 is 0 Å². The molecule has 32 heavy (non-hydrogen) atoms. The molecule has 1 unspecified atom stereocenters. The number of fused-ring (bicyclic) bond motifs is 1. The Morgan fingerprint density at radius 2 is 2.19 bits per heavy atom. The molecular formula is C20H25N7O5. The van der Waals surface area contributed by atoms with E-state index in [9.17, 15) is 14.4 Å². The predicted octanol–water partition coefficient (Wildman–Crippen LogP) is 0.718. The first-order chi connectivity index (χ1) is 15.2. The van der Waals surface area contributed by atoms with E-state index in [1.165, 1.54) is 17.2 Å². The lowest BCUT2D eigenvalue weighted by Crippen LogP contribution is -2.55. The van der Waals surface area contributed by atoms with Crippen molar-refractivity contribution in [2.24, 2.45) is 0 Å². The predicted molar refractivity (Wildman–Crippen MR) is 111 cm³/mol. The van der Waals surface area contributed by atoms with Crippen molar-refractivity contribution in [3.8, 4) is 0 Å². The van der Waals surface area contributed by atoms with Crippen molar-refractivity contribution in [2.45, 2.75) is 51.3 Å². The van der Waals surface area contributed by atoms with Crippen molar-refractivity contribution in [1.29, 1.82) is 0 Å². The number of rotatable bonds is 7. The average molecular weight is 443 g/mol. The maximum absolute atomic E-state index is 13.6. The van der Waals surface area contributed by atoms with Gasteiger partial charge >= 0.3 is 12.1 Å². The van der Waals surface area contributed by atoms with E-state index < -0.39 is 35.7 Å². The molecule has 170 valence electrons. The van der Waals surface area contributed by atoms with Gasteiger partial charge in [0.25, 0.3) is 5.91 Å². The van der Waals surface area contributed by atoms with Crippen LogP contribution in [0.1, 0.15) is 32.2 Å². The van der Waals surface area contributed by atoms with E-state index in [4.69, 9.17) is 9.47 Å². The van der Waals surface area contributed by atoms with E-state index in [0.717, 1.165) is 0 Å². The van der Waals surface area contributed by atoms with Gasteiger partial charge in [-0.05, 0) is 32.4 Å². The summed E-state index contributed by atoms with van der Waals surface area (Å²) in [6.07, 6.45) is 2.30. The zero-order chi connectivity index (χ0) is 23.3. The highest BCUT2D eigenvalue weighted by Crippen LogP contribution is 2.31. The molecule has 12 heteroatoms. The van der Waals surface area contributed by atoms with Gasteiger partial charge in [-0.1, -0.05) is 23.9 Å². The van der Waals surface area contributed by atoms with E-state index in [1.807, 2.05) is 0 Å². The summed E-state index contributed by atoms with van der Waals surface area (Å²) in [6.45, 7) is 8.64.